The highest BCUT2D eigenvalue weighted by atomic mass is 32.2. The fourth-order valence-electron chi connectivity index (χ4n) is 5.53. The first-order chi connectivity index (χ1) is 16.0. The summed E-state index contributed by atoms with van der Waals surface area (Å²) in [4.78, 5) is 0.247. The molecule has 2 aliphatic carbocycles. The predicted octanol–water partition coefficient (Wildman–Crippen LogP) is 5.02. The van der Waals surface area contributed by atoms with Gasteiger partial charge in [-0.1, -0.05) is 46.5 Å². The Hall–Kier alpha value is -2.00. The lowest BCUT2D eigenvalue weighted by atomic mass is 9.80. The van der Waals surface area contributed by atoms with Gasteiger partial charge in [-0.25, -0.2) is 0 Å². The van der Waals surface area contributed by atoms with Gasteiger partial charge in [0.05, 0.1) is 23.0 Å². The number of aryl methyl sites for hydroxylation is 2. The standard InChI is InChI=1S/C26H32O6S2/c1-17(2)26-22-13-14-23(26)25(16-32-34(29,30)21-11-7-19(4)8-12-21)24(22)15-31-33(27,28)20-9-5-18(3)6-10-20/h5-12,22-25H,13-16H2,1-4H3/t22-,23-,24-,25+/m0/s1. The molecule has 4 rings (SSSR count). The number of allylic oxidation sites excluding steroid dienone is 2. The van der Waals surface area contributed by atoms with Crippen LogP contribution >= 0.6 is 0 Å². The van der Waals surface area contributed by atoms with E-state index in [4.69, 9.17) is 8.37 Å². The second-order valence-corrected chi connectivity index (χ2v) is 12.9. The molecule has 2 bridgehead atoms. The molecule has 4 atom stereocenters. The van der Waals surface area contributed by atoms with Gasteiger partial charge in [-0.05, 0) is 88.5 Å². The van der Waals surface area contributed by atoms with Crippen LogP contribution in [0.25, 0.3) is 0 Å². The van der Waals surface area contributed by atoms with Crippen LogP contribution in [0.3, 0.4) is 0 Å². The van der Waals surface area contributed by atoms with Gasteiger partial charge in [0.2, 0.25) is 0 Å². The molecule has 8 heteroatoms. The molecule has 0 radical (unpaired) electrons. The van der Waals surface area contributed by atoms with Gasteiger partial charge in [0.1, 0.15) is 0 Å². The van der Waals surface area contributed by atoms with Crippen molar-refractivity contribution >= 4 is 20.2 Å². The Morgan fingerprint density at radius 1 is 0.706 bits per heavy atom. The van der Waals surface area contributed by atoms with E-state index >= 15 is 0 Å². The summed E-state index contributed by atoms with van der Waals surface area (Å²) < 4.78 is 62.2. The fraction of sp³-hybridized carbons (Fsp3) is 0.462. The molecule has 0 N–H and O–H groups in total. The van der Waals surface area contributed by atoms with Crippen LogP contribution in [-0.2, 0) is 28.6 Å². The highest BCUT2D eigenvalue weighted by molar-refractivity contribution is 7.87. The van der Waals surface area contributed by atoms with E-state index in [9.17, 15) is 16.8 Å². The summed E-state index contributed by atoms with van der Waals surface area (Å²) in [5.41, 5.74) is 4.45. The maximum atomic E-state index is 12.8. The Bertz CT molecular complexity index is 1180. The van der Waals surface area contributed by atoms with Gasteiger partial charge in [-0.15, -0.1) is 0 Å². The first-order valence-electron chi connectivity index (χ1n) is 11.6. The number of benzene rings is 2. The average Bonchev–Trinajstić information content (AvgIpc) is 3.34. The third kappa shape index (κ3) is 5.00. The lowest BCUT2D eigenvalue weighted by Crippen LogP contribution is -2.31. The van der Waals surface area contributed by atoms with E-state index in [0.717, 1.165) is 24.0 Å². The van der Waals surface area contributed by atoms with Crippen molar-refractivity contribution in [3.63, 3.8) is 0 Å². The van der Waals surface area contributed by atoms with E-state index in [1.54, 1.807) is 48.5 Å². The molecule has 184 valence electrons. The second-order valence-electron chi connectivity index (χ2n) is 9.68. The van der Waals surface area contributed by atoms with Crippen molar-refractivity contribution in [1.29, 1.82) is 0 Å². The average molecular weight is 505 g/mol. The van der Waals surface area contributed by atoms with E-state index in [1.165, 1.54) is 11.1 Å². The molecule has 0 heterocycles. The normalized spacial score (nSPS) is 24.5. The molecular weight excluding hydrogens is 472 g/mol. The molecular formula is C26H32O6S2. The Morgan fingerprint density at radius 3 is 1.38 bits per heavy atom. The second kappa shape index (κ2) is 9.57. The van der Waals surface area contributed by atoms with E-state index in [0.29, 0.717) is 0 Å². The number of hydrogen-bond donors (Lipinski definition) is 0. The van der Waals surface area contributed by atoms with Crippen LogP contribution in [0.5, 0.6) is 0 Å². The van der Waals surface area contributed by atoms with Crippen LogP contribution < -0.4 is 0 Å². The molecule has 2 aliphatic rings. The minimum atomic E-state index is -3.91. The zero-order valence-corrected chi connectivity index (χ0v) is 21.7. The molecule has 2 aromatic rings. The minimum Gasteiger partial charge on any atom is -0.266 e. The van der Waals surface area contributed by atoms with Crippen LogP contribution in [0.15, 0.2) is 69.5 Å². The van der Waals surface area contributed by atoms with Crippen LogP contribution in [0, 0.1) is 37.5 Å². The summed E-state index contributed by atoms with van der Waals surface area (Å²) in [6, 6.07) is 13.1. The molecule has 2 aromatic carbocycles. The maximum absolute atomic E-state index is 12.8. The van der Waals surface area contributed by atoms with Gasteiger partial charge < -0.3 is 0 Å². The molecule has 34 heavy (non-hydrogen) atoms. The lowest BCUT2D eigenvalue weighted by Gasteiger charge is -2.29. The van der Waals surface area contributed by atoms with E-state index in [-0.39, 0.29) is 46.7 Å². The van der Waals surface area contributed by atoms with E-state index in [1.807, 2.05) is 13.8 Å². The molecule has 0 saturated heterocycles. The summed E-state index contributed by atoms with van der Waals surface area (Å²) in [7, 11) is -7.82. The highest BCUT2D eigenvalue weighted by Gasteiger charge is 2.52. The SMILES string of the molecule is CC(C)=C1[C@H]2CC[C@H]1[C@@H](COS(=O)(=O)c1ccc(C)cc1)[C@H]2COS(=O)(=O)c1ccc(C)cc1. The van der Waals surface area contributed by atoms with Gasteiger partial charge >= 0.3 is 0 Å². The molecule has 0 aromatic heterocycles. The topological polar surface area (TPSA) is 86.7 Å². The summed E-state index contributed by atoms with van der Waals surface area (Å²) in [5.74, 6) is 0.104. The Morgan fingerprint density at radius 2 is 1.06 bits per heavy atom. The fourth-order valence-corrected chi connectivity index (χ4v) is 7.42. The van der Waals surface area contributed by atoms with Crippen LogP contribution in [-0.4, -0.2) is 30.0 Å². The van der Waals surface area contributed by atoms with Crippen LogP contribution in [0.4, 0.5) is 0 Å². The first-order valence-corrected chi connectivity index (χ1v) is 14.4. The van der Waals surface area contributed by atoms with E-state index < -0.39 is 20.2 Å². The Kier molecular flexibility index (Phi) is 7.06. The van der Waals surface area contributed by atoms with Crippen molar-refractivity contribution in [1.82, 2.24) is 0 Å². The predicted molar refractivity (Wildman–Crippen MR) is 130 cm³/mol. The first kappa shape index (κ1) is 25.1. The molecule has 0 unspecified atom stereocenters. The van der Waals surface area contributed by atoms with Crippen LogP contribution in [0.1, 0.15) is 37.8 Å². The zero-order chi connectivity index (χ0) is 24.7. The third-order valence-corrected chi connectivity index (χ3v) is 9.79. The summed E-state index contributed by atoms with van der Waals surface area (Å²) in [6.45, 7) is 7.92. The largest absolute Gasteiger partial charge is 0.296 e. The van der Waals surface area contributed by atoms with Crippen molar-refractivity contribution in [3.8, 4) is 0 Å². The molecule has 2 saturated carbocycles. The Labute approximate surface area is 203 Å². The number of rotatable bonds is 8. The van der Waals surface area contributed by atoms with Crippen molar-refractivity contribution in [3.05, 3.63) is 70.8 Å². The Balaban J connectivity index is 1.53. The lowest BCUT2D eigenvalue weighted by molar-refractivity contribution is 0.101. The van der Waals surface area contributed by atoms with Crippen molar-refractivity contribution < 1.29 is 25.2 Å². The van der Waals surface area contributed by atoms with Gasteiger partial charge in [0.25, 0.3) is 20.2 Å². The molecule has 0 amide bonds. The van der Waals surface area contributed by atoms with Gasteiger partial charge in [0, 0.05) is 0 Å². The molecule has 0 spiro atoms. The molecule has 6 nitrogen and oxygen atoms in total. The van der Waals surface area contributed by atoms with Crippen molar-refractivity contribution in [2.24, 2.45) is 23.7 Å². The summed E-state index contributed by atoms with van der Waals surface area (Å²) >= 11 is 0. The summed E-state index contributed by atoms with van der Waals surface area (Å²) in [5, 5.41) is 0. The molecule has 0 aliphatic heterocycles. The minimum absolute atomic E-state index is 0.00671. The maximum Gasteiger partial charge on any atom is 0.296 e. The van der Waals surface area contributed by atoms with Crippen LogP contribution in [0.2, 0.25) is 0 Å². The summed E-state index contributed by atoms with van der Waals surface area (Å²) in [6.07, 6.45) is 1.90. The number of hydrogen-bond acceptors (Lipinski definition) is 6. The monoisotopic (exact) mass is 504 g/mol. The highest BCUT2D eigenvalue weighted by Crippen LogP contribution is 2.57. The molecule has 2 fully saturated rings. The van der Waals surface area contributed by atoms with E-state index in [2.05, 4.69) is 13.8 Å². The van der Waals surface area contributed by atoms with Crippen molar-refractivity contribution in [2.75, 3.05) is 13.2 Å². The quantitative estimate of drug-likeness (QED) is 0.370. The number of fused-ring (bicyclic) bond motifs is 2. The van der Waals surface area contributed by atoms with Crippen molar-refractivity contribution in [2.45, 2.75) is 50.3 Å². The van der Waals surface area contributed by atoms with Gasteiger partial charge in [-0.3, -0.25) is 8.37 Å². The van der Waals surface area contributed by atoms with Gasteiger partial charge in [-0.2, -0.15) is 16.8 Å². The zero-order valence-electron chi connectivity index (χ0n) is 20.0. The van der Waals surface area contributed by atoms with Gasteiger partial charge in [0.15, 0.2) is 0 Å². The smallest absolute Gasteiger partial charge is 0.266 e. The third-order valence-electron chi connectivity index (χ3n) is 7.20.